The maximum atomic E-state index is 5.60. The fourth-order valence-electron chi connectivity index (χ4n) is 1.98. The van der Waals surface area contributed by atoms with Crippen LogP contribution in [0.2, 0.25) is 0 Å². The van der Waals surface area contributed by atoms with Gasteiger partial charge in [0.1, 0.15) is 0 Å². The molecule has 0 aromatic heterocycles. The third kappa shape index (κ3) is 6.91. The zero-order valence-electron chi connectivity index (χ0n) is 10.2. The Kier molecular flexibility index (Phi) is 7.94. The van der Waals surface area contributed by atoms with Crippen LogP contribution in [0.4, 0.5) is 0 Å². The number of hydrogen-bond acceptors (Lipinski definition) is 2. The Morgan fingerprint density at radius 1 is 1.13 bits per heavy atom. The summed E-state index contributed by atoms with van der Waals surface area (Å²) in [5, 5.41) is 0. The lowest BCUT2D eigenvalue weighted by atomic mass is 10.1. The smallest absolute Gasteiger partial charge is 0.0809 e. The minimum Gasteiger partial charge on any atom is -0.379 e. The number of rotatable bonds is 9. The number of unbranched alkanes of at least 4 members (excludes halogenated alkanes) is 5. The van der Waals surface area contributed by atoms with Gasteiger partial charge in [-0.05, 0) is 19.3 Å². The molecule has 1 heterocycles. The standard InChI is InChI=1S/C13H26O2/c1-2-3-4-5-6-7-10-14-12-13-9-8-11-15-13/h13H,2-12H2,1H3. The third-order valence-corrected chi connectivity index (χ3v) is 2.97. The molecule has 2 nitrogen and oxygen atoms in total. The molecule has 0 radical (unpaired) electrons. The summed E-state index contributed by atoms with van der Waals surface area (Å²) in [6.45, 7) is 4.93. The lowest BCUT2D eigenvalue weighted by Gasteiger charge is -2.09. The topological polar surface area (TPSA) is 18.5 Å². The molecule has 1 unspecified atom stereocenters. The van der Waals surface area contributed by atoms with Crippen molar-refractivity contribution in [3.63, 3.8) is 0 Å². The Balaban J connectivity index is 1.73. The molecule has 90 valence electrons. The van der Waals surface area contributed by atoms with E-state index in [2.05, 4.69) is 6.92 Å². The first-order valence-electron chi connectivity index (χ1n) is 6.63. The van der Waals surface area contributed by atoms with Crippen molar-refractivity contribution in [1.29, 1.82) is 0 Å². The molecule has 0 amide bonds. The number of ether oxygens (including phenoxy) is 2. The first-order valence-corrected chi connectivity index (χ1v) is 6.63. The first kappa shape index (κ1) is 13.0. The van der Waals surface area contributed by atoms with E-state index in [1.54, 1.807) is 0 Å². The molecule has 0 aromatic carbocycles. The molecule has 1 aliphatic rings. The molecule has 15 heavy (non-hydrogen) atoms. The number of hydrogen-bond donors (Lipinski definition) is 0. The van der Waals surface area contributed by atoms with E-state index in [9.17, 15) is 0 Å². The highest BCUT2D eigenvalue weighted by molar-refractivity contribution is 4.63. The van der Waals surface area contributed by atoms with E-state index in [1.165, 1.54) is 51.4 Å². The van der Waals surface area contributed by atoms with E-state index in [4.69, 9.17) is 9.47 Å². The van der Waals surface area contributed by atoms with Crippen LogP contribution in [0.5, 0.6) is 0 Å². The van der Waals surface area contributed by atoms with Crippen LogP contribution in [0.3, 0.4) is 0 Å². The minimum atomic E-state index is 0.394. The molecule has 1 saturated heterocycles. The van der Waals surface area contributed by atoms with Gasteiger partial charge in [0.05, 0.1) is 12.7 Å². The second-order valence-corrected chi connectivity index (χ2v) is 4.48. The van der Waals surface area contributed by atoms with Crippen LogP contribution in [-0.2, 0) is 9.47 Å². The predicted octanol–water partition coefficient (Wildman–Crippen LogP) is 3.54. The molecule has 1 rings (SSSR count). The zero-order chi connectivity index (χ0) is 10.8. The Morgan fingerprint density at radius 3 is 2.67 bits per heavy atom. The highest BCUT2D eigenvalue weighted by atomic mass is 16.5. The van der Waals surface area contributed by atoms with Crippen molar-refractivity contribution in [2.45, 2.75) is 64.4 Å². The monoisotopic (exact) mass is 214 g/mol. The zero-order valence-corrected chi connectivity index (χ0v) is 10.2. The van der Waals surface area contributed by atoms with Gasteiger partial charge in [0.15, 0.2) is 0 Å². The van der Waals surface area contributed by atoms with E-state index in [1.807, 2.05) is 0 Å². The van der Waals surface area contributed by atoms with Crippen molar-refractivity contribution < 1.29 is 9.47 Å². The molecule has 0 N–H and O–H groups in total. The molecular weight excluding hydrogens is 188 g/mol. The Morgan fingerprint density at radius 2 is 1.93 bits per heavy atom. The van der Waals surface area contributed by atoms with Crippen LogP contribution < -0.4 is 0 Å². The Hall–Kier alpha value is -0.0800. The summed E-state index contributed by atoms with van der Waals surface area (Å²) in [7, 11) is 0. The second-order valence-electron chi connectivity index (χ2n) is 4.48. The van der Waals surface area contributed by atoms with Crippen LogP contribution in [0, 0.1) is 0 Å². The highest BCUT2D eigenvalue weighted by Crippen LogP contribution is 2.12. The average molecular weight is 214 g/mol. The van der Waals surface area contributed by atoms with Gasteiger partial charge in [-0.25, -0.2) is 0 Å². The second kappa shape index (κ2) is 9.17. The van der Waals surface area contributed by atoms with Gasteiger partial charge in [-0.1, -0.05) is 39.0 Å². The van der Waals surface area contributed by atoms with Crippen LogP contribution >= 0.6 is 0 Å². The van der Waals surface area contributed by atoms with Gasteiger partial charge >= 0.3 is 0 Å². The van der Waals surface area contributed by atoms with E-state index in [0.717, 1.165) is 19.8 Å². The van der Waals surface area contributed by atoms with Crippen LogP contribution in [0.15, 0.2) is 0 Å². The van der Waals surface area contributed by atoms with Gasteiger partial charge < -0.3 is 9.47 Å². The van der Waals surface area contributed by atoms with Gasteiger partial charge in [0, 0.05) is 13.2 Å². The van der Waals surface area contributed by atoms with Crippen molar-refractivity contribution in [3.05, 3.63) is 0 Å². The maximum absolute atomic E-state index is 5.60. The quantitative estimate of drug-likeness (QED) is 0.546. The fourth-order valence-corrected chi connectivity index (χ4v) is 1.98. The van der Waals surface area contributed by atoms with E-state index >= 15 is 0 Å². The van der Waals surface area contributed by atoms with E-state index in [0.29, 0.717) is 6.10 Å². The van der Waals surface area contributed by atoms with Gasteiger partial charge in [0.2, 0.25) is 0 Å². The minimum absolute atomic E-state index is 0.394. The first-order chi connectivity index (χ1) is 7.43. The van der Waals surface area contributed by atoms with Crippen molar-refractivity contribution in [2.24, 2.45) is 0 Å². The normalized spacial score (nSPS) is 21.0. The third-order valence-electron chi connectivity index (χ3n) is 2.97. The van der Waals surface area contributed by atoms with Gasteiger partial charge in [-0.2, -0.15) is 0 Å². The molecule has 0 aliphatic carbocycles. The van der Waals surface area contributed by atoms with E-state index < -0.39 is 0 Å². The molecule has 1 atom stereocenters. The van der Waals surface area contributed by atoms with Gasteiger partial charge in [-0.3, -0.25) is 0 Å². The lowest BCUT2D eigenvalue weighted by Crippen LogP contribution is -2.14. The summed E-state index contributed by atoms with van der Waals surface area (Å²) in [6.07, 6.45) is 10.8. The van der Waals surface area contributed by atoms with Crippen molar-refractivity contribution in [1.82, 2.24) is 0 Å². The predicted molar refractivity (Wildman–Crippen MR) is 63.2 cm³/mol. The summed E-state index contributed by atoms with van der Waals surface area (Å²) in [5.41, 5.74) is 0. The maximum Gasteiger partial charge on any atom is 0.0809 e. The summed E-state index contributed by atoms with van der Waals surface area (Å²) >= 11 is 0. The lowest BCUT2D eigenvalue weighted by molar-refractivity contribution is 0.0161. The highest BCUT2D eigenvalue weighted by Gasteiger charge is 2.14. The van der Waals surface area contributed by atoms with Gasteiger partial charge in [0.25, 0.3) is 0 Å². The molecular formula is C13H26O2. The molecule has 1 aliphatic heterocycles. The van der Waals surface area contributed by atoms with Crippen LogP contribution in [-0.4, -0.2) is 25.9 Å². The summed E-state index contributed by atoms with van der Waals surface area (Å²) in [6, 6.07) is 0. The summed E-state index contributed by atoms with van der Waals surface area (Å²) < 4.78 is 11.1. The molecule has 0 spiro atoms. The SMILES string of the molecule is CCCCCCCCOCC1CCCO1. The van der Waals surface area contributed by atoms with Crippen LogP contribution in [0.1, 0.15) is 58.3 Å². The Bertz CT molecular complexity index is 130. The van der Waals surface area contributed by atoms with Crippen LogP contribution in [0.25, 0.3) is 0 Å². The molecule has 1 fully saturated rings. The fraction of sp³-hybridized carbons (Fsp3) is 1.00. The Labute approximate surface area is 94.3 Å². The summed E-state index contributed by atoms with van der Waals surface area (Å²) in [5.74, 6) is 0. The van der Waals surface area contributed by atoms with E-state index in [-0.39, 0.29) is 0 Å². The molecule has 0 bridgehead atoms. The van der Waals surface area contributed by atoms with Crippen molar-refractivity contribution in [2.75, 3.05) is 19.8 Å². The average Bonchev–Trinajstić information content (AvgIpc) is 2.75. The van der Waals surface area contributed by atoms with Crippen molar-refractivity contribution >= 4 is 0 Å². The van der Waals surface area contributed by atoms with Gasteiger partial charge in [-0.15, -0.1) is 0 Å². The molecule has 2 heteroatoms. The molecule has 0 aromatic rings. The molecule has 0 saturated carbocycles. The van der Waals surface area contributed by atoms with Crippen molar-refractivity contribution in [3.8, 4) is 0 Å². The largest absolute Gasteiger partial charge is 0.379 e. The summed E-state index contributed by atoms with van der Waals surface area (Å²) in [4.78, 5) is 0.